The van der Waals surface area contributed by atoms with Gasteiger partial charge >= 0.3 is 5.95 Å². The van der Waals surface area contributed by atoms with Gasteiger partial charge in [0.15, 0.2) is 11.0 Å². The molecule has 0 unspecified atom stereocenters. The SMILES string of the molecule is COc1ccc2c(c1)n[nH+]c(N[C@@H]1C[C@@]3(C)CC[C@]1(C)C3)[n+]2C. The summed E-state index contributed by atoms with van der Waals surface area (Å²) < 4.78 is 7.43. The number of ether oxygens (including phenoxy) is 1. The maximum atomic E-state index is 5.28. The molecule has 5 heteroatoms. The van der Waals surface area contributed by atoms with Gasteiger partial charge in [-0.1, -0.05) is 18.9 Å². The largest absolute Gasteiger partial charge is 0.546 e. The van der Waals surface area contributed by atoms with E-state index in [0.29, 0.717) is 16.9 Å². The van der Waals surface area contributed by atoms with Gasteiger partial charge in [-0.05, 0) is 41.9 Å². The summed E-state index contributed by atoms with van der Waals surface area (Å²) in [5, 5.41) is 11.4. The van der Waals surface area contributed by atoms with Gasteiger partial charge in [-0.15, -0.1) is 0 Å². The summed E-state index contributed by atoms with van der Waals surface area (Å²) in [5.74, 6) is 1.80. The second-order valence-corrected chi connectivity index (χ2v) is 8.03. The number of H-pyrrole nitrogens is 1. The molecule has 0 saturated heterocycles. The zero-order valence-electron chi connectivity index (χ0n) is 14.4. The van der Waals surface area contributed by atoms with Crippen LogP contribution in [-0.2, 0) is 7.05 Å². The minimum Gasteiger partial charge on any atom is -0.497 e. The fraction of sp³-hybridized carbons (Fsp3) is 0.611. The van der Waals surface area contributed by atoms with Gasteiger partial charge in [0, 0.05) is 17.9 Å². The van der Waals surface area contributed by atoms with Crippen molar-refractivity contribution in [1.82, 2.24) is 5.10 Å². The van der Waals surface area contributed by atoms with Gasteiger partial charge in [-0.3, -0.25) is 0 Å². The molecule has 2 aliphatic carbocycles. The topological polar surface area (TPSA) is 52.2 Å². The van der Waals surface area contributed by atoms with E-state index in [2.05, 4.69) is 47.0 Å². The number of aryl methyl sites for hydroxylation is 1. The first kappa shape index (κ1) is 14.7. The Morgan fingerprint density at radius 3 is 2.83 bits per heavy atom. The Balaban J connectivity index is 1.66. The van der Waals surface area contributed by atoms with Crippen molar-refractivity contribution in [3.05, 3.63) is 18.2 Å². The zero-order chi connectivity index (χ0) is 16.2. The Morgan fingerprint density at radius 2 is 2.17 bits per heavy atom. The van der Waals surface area contributed by atoms with E-state index in [1.807, 2.05) is 12.1 Å². The van der Waals surface area contributed by atoms with E-state index >= 15 is 0 Å². The molecule has 0 spiro atoms. The number of hydrogen-bond donors (Lipinski definition) is 1. The summed E-state index contributed by atoms with van der Waals surface area (Å²) in [4.78, 5) is 0. The van der Waals surface area contributed by atoms with Crippen LogP contribution in [0.3, 0.4) is 0 Å². The molecule has 122 valence electrons. The van der Waals surface area contributed by atoms with Crippen molar-refractivity contribution in [3.8, 4) is 5.75 Å². The van der Waals surface area contributed by atoms with Crippen molar-refractivity contribution >= 4 is 17.0 Å². The number of aromatic nitrogens is 3. The van der Waals surface area contributed by atoms with Crippen LogP contribution in [0.4, 0.5) is 5.95 Å². The van der Waals surface area contributed by atoms with Gasteiger partial charge in [0.25, 0.3) is 0 Å². The first-order valence-electron chi connectivity index (χ1n) is 8.45. The number of aromatic amines is 1. The molecule has 2 fully saturated rings. The molecule has 0 aliphatic heterocycles. The van der Waals surface area contributed by atoms with Crippen molar-refractivity contribution in [2.75, 3.05) is 12.4 Å². The highest BCUT2D eigenvalue weighted by Gasteiger charge is 2.58. The van der Waals surface area contributed by atoms with Crippen LogP contribution >= 0.6 is 0 Å². The van der Waals surface area contributed by atoms with Crippen LogP contribution in [-0.4, -0.2) is 18.3 Å². The number of hydrogen-bond acceptors (Lipinski definition) is 3. The molecule has 2 bridgehead atoms. The molecule has 1 heterocycles. The number of nitrogens with one attached hydrogen (secondary N) is 2. The average Bonchev–Trinajstić information content (AvgIpc) is 2.98. The lowest BCUT2D eigenvalue weighted by molar-refractivity contribution is -0.693. The molecule has 23 heavy (non-hydrogen) atoms. The van der Waals surface area contributed by atoms with E-state index in [1.54, 1.807) is 7.11 Å². The number of anilines is 1. The fourth-order valence-corrected chi connectivity index (χ4v) is 4.78. The van der Waals surface area contributed by atoms with Crippen LogP contribution in [0.2, 0.25) is 0 Å². The van der Waals surface area contributed by atoms with Gasteiger partial charge in [-0.25, -0.2) is 0 Å². The molecular weight excluding hydrogens is 288 g/mol. The lowest BCUT2D eigenvalue weighted by Gasteiger charge is -2.28. The van der Waals surface area contributed by atoms with Crippen LogP contribution in [0.5, 0.6) is 5.75 Å². The fourth-order valence-electron chi connectivity index (χ4n) is 4.78. The standard InChI is InChI=1S/C18H24N4O/c1-17-7-8-18(2,11-17)15(10-17)19-16-21-20-13-9-12(23-4)5-6-14(13)22(16)3/h5-6,9,15H,7-8,10-11H2,1-4H3/p+2/t15-,17-,18-/m1/s1. The van der Waals surface area contributed by atoms with Crippen LogP contribution in [0, 0.1) is 10.8 Å². The molecule has 5 nitrogen and oxygen atoms in total. The molecule has 0 radical (unpaired) electrons. The van der Waals surface area contributed by atoms with Crippen molar-refractivity contribution in [2.45, 2.75) is 45.6 Å². The summed E-state index contributed by atoms with van der Waals surface area (Å²) in [6.07, 6.45) is 5.27. The highest BCUT2D eigenvalue weighted by molar-refractivity contribution is 5.72. The third-order valence-electron chi connectivity index (χ3n) is 6.14. The minimum atomic E-state index is 0.407. The molecule has 2 aromatic rings. The van der Waals surface area contributed by atoms with Crippen LogP contribution in [0.1, 0.15) is 39.5 Å². The molecule has 1 aromatic carbocycles. The van der Waals surface area contributed by atoms with Crippen molar-refractivity contribution in [1.29, 1.82) is 0 Å². The highest BCUT2D eigenvalue weighted by atomic mass is 16.5. The first-order valence-corrected chi connectivity index (χ1v) is 8.45. The second kappa shape index (κ2) is 4.79. The van der Waals surface area contributed by atoms with Gasteiger partial charge < -0.3 is 4.74 Å². The normalized spacial score (nSPS) is 32.4. The third kappa shape index (κ3) is 2.25. The molecule has 2 N–H and O–H groups in total. The molecule has 2 saturated carbocycles. The van der Waals surface area contributed by atoms with Gasteiger partial charge in [-0.2, -0.15) is 9.88 Å². The summed E-state index contributed by atoms with van der Waals surface area (Å²) in [6.45, 7) is 4.87. The van der Waals surface area contributed by atoms with Gasteiger partial charge in [0.05, 0.1) is 7.11 Å². The lowest BCUT2D eigenvalue weighted by Crippen LogP contribution is -2.46. The van der Waals surface area contributed by atoms with Crippen LogP contribution in [0.15, 0.2) is 18.2 Å². The van der Waals surface area contributed by atoms with Crippen molar-refractivity contribution in [2.24, 2.45) is 17.9 Å². The van der Waals surface area contributed by atoms with Gasteiger partial charge in [0.2, 0.25) is 0 Å². The molecule has 3 atom stereocenters. The predicted molar refractivity (Wildman–Crippen MR) is 88.1 cm³/mol. The van der Waals surface area contributed by atoms with E-state index in [-0.39, 0.29) is 0 Å². The smallest absolute Gasteiger partial charge is 0.497 e. The van der Waals surface area contributed by atoms with E-state index < -0.39 is 0 Å². The van der Waals surface area contributed by atoms with E-state index in [4.69, 9.17) is 4.74 Å². The number of fused-ring (bicyclic) bond motifs is 3. The van der Waals surface area contributed by atoms with Crippen LogP contribution < -0.4 is 19.7 Å². The Bertz CT molecular complexity index is 777. The second-order valence-electron chi connectivity index (χ2n) is 8.03. The number of methoxy groups -OCH3 is 1. The predicted octanol–water partition coefficient (Wildman–Crippen LogP) is 2.26. The third-order valence-corrected chi connectivity index (χ3v) is 6.14. The quantitative estimate of drug-likeness (QED) is 0.884. The monoisotopic (exact) mass is 314 g/mol. The number of benzene rings is 1. The maximum Gasteiger partial charge on any atom is 0.546 e. The van der Waals surface area contributed by atoms with E-state index in [0.717, 1.165) is 22.7 Å². The Kier molecular flexibility index (Phi) is 3.06. The van der Waals surface area contributed by atoms with Crippen molar-refractivity contribution in [3.63, 3.8) is 0 Å². The highest BCUT2D eigenvalue weighted by Crippen LogP contribution is 2.61. The molecular formula is C18H26N4O+2. The number of nitrogens with zero attached hydrogens (tertiary/aromatic N) is 2. The van der Waals surface area contributed by atoms with Crippen LogP contribution in [0.25, 0.3) is 11.0 Å². The summed E-state index contributed by atoms with van der Waals surface area (Å²) >= 11 is 0. The first-order chi connectivity index (χ1) is 10.9. The Labute approximate surface area is 137 Å². The zero-order valence-corrected chi connectivity index (χ0v) is 14.4. The maximum absolute atomic E-state index is 5.28. The summed E-state index contributed by atoms with van der Waals surface area (Å²) in [5.41, 5.74) is 2.92. The van der Waals surface area contributed by atoms with Crippen molar-refractivity contribution < 1.29 is 14.4 Å². The Hall–Kier alpha value is -1.91. The van der Waals surface area contributed by atoms with E-state index in [1.165, 1.54) is 25.7 Å². The summed E-state index contributed by atoms with van der Waals surface area (Å²) in [6, 6.07) is 6.51. The van der Waals surface area contributed by atoms with Gasteiger partial charge in [0.1, 0.15) is 18.8 Å². The molecule has 4 rings (SSSR count). The summed E-state index contributed by atoms with van der Waals surface area (Å²) in [7, 11) is 3.75. The minimum absolute atomic E-state index is 0.407. The average molecular weight is 314 g/mol. The molecule has 1 aromatic heterocycles. The lowest BCUT2D eigenvalue weighted by atomic mass is 9.80. The molecule has 2 aliphatic rings. The Morgan fingerprint density at radius 1 is 1.35 bits per heavy atom. The van der Waals surface area contributed by atoms with E-state index in [9.17, 15) is 0 Å². The molecule has 0 amide bonds. The number of rotatable bonds is 3.